The number of aliphatic imine (C=N–C) groups is 1. The number of halogens is 1. The number of rotatable bonds is 7. The number of aryl methyl sites for hydroxylation is 1. The van der Waals surface area contributed by atoms with Crippen LogP contribution in [0.25, 0.3) is 0 Å². The minimum Gasteiger partial charge on any atom is -0.385 e. The van der Waals surface area contributed by atoms with Gasteiger partial charge in [-0.2, -0.15) is 0 Å². The van der Waals surface area contributed by atoms with Gasteiger partial charge < -0.3 is 19.7 Å². The van der Waals surface area contributed by atoms with Crippen LogP contribution in [-0.4, -0.2) is 62.4 Å². The molecule has 0 amide bonds. The lowest BCUT2D eigenvalue weighted by molar-refractivity contribution is 0.00989. The summed E-state index contributed by atoms with van der Waals surface area (Å²) in [6.07, 6.45) is 3.39. The number of likely N-dealkylation sites (tertiary alicyclic amines) is 1. The largest absolute Gasteiger partial charge is 0.385 e. The van der Waals surface area contributed by atoms with E-state index in [9.17, 15) is 0 Å². The molecule has 1 aliphatic rings. The molecule has 1 aromatic heterocycles. The fourth-order valence-electron chi connectivity index (χ4n) is 2.89. The first-order valence-corrected chi connectivity index (χ1v) is 8.71. The van der Waals surface area contributed by atoms with E-state index in [0.717, 1.165) is 62.9 Å². The van der Waals surface area contributed by atoms with Gasteiger partial charge in [0.15, 0.2) is 5.96 Å². The summed E-state index contributed by atoms with van der Waals surface area (Å²) in [7, 11) is 3.56. The number of guanidine groups is 1. The van der Waals surface area contributed by atoms with E-state index in [1.165, 1.54) is 0 Å². The topological polar surface area (TPSA) is 59.0 Å². The smallest absolute Gasteiger partial charge is 0.193 e. The normalized spacial score (nSPS) is 15.8. The van der Waals surface area contributed by atoms with Crippen LogP contribution in [0.15, 0.2) is 23.2 Å². The van der Waals surface area contributed by atoms with Gasteiger partial charge in [0.1, 0.15) is 0 Å². The Balaban J connectivity index is 0.00000312. The van der Waals surface area contributed by atoms with Gasteiger partial charge in [0, 0.05) is 46.2 Å². The summed E-state index contributed by atoms with van der Waals surface area (Å²) in [6, 6.07) is 6.08. The highest BCUT2D eigenvalue weighted by Gasteiger charge is 2.21. The molecule has 25 heavy (non-hydrogen) atoms. The van der Waals surface area contributed by atoms with Gasteiger partial charge in [-0.3, -0.25) is 9.98 Å². The van der Waals surface area contributed by atoms with Crippen LogP contribution >= 0.6 is 24.0 Å². The number of pyridine rings is 1. The molecule has 1 N–H and O–H groups in total. The first-order valence-electron chi connectivity index (χ1n) is 8.71. The van der Waals surface area contributed by atoms with Crippen molar-refractivity contribution in [1.29, 1.82) is 0 Å². The van der Waals surface area contributed by atoms with Gasteiger partial charge in [0.05, 0.1) is 18.3 Å². The number of hydrogen-bond acceptors (Lipinski definition) is 4. The number of ether oxygens (including phenoxy) is 2. The number of hydrogen-bond donors (Lipinski definition) is 1. The van der Waals surface area contributed by atoms with Crippen LogP contribution in [0, 0.1) is 6.92 Å². The van der Waals surface area contributed by atoms with Gasteiger partial charge in [0.2, 0.25) is 0 Å². The Labute approximate surface area is 168 Å². The summed E-state index contributed by atoms with van der Waals surface area (Å²) in [5.74, 6) is 0.941. The van der Waals surface area contributed by atoms with E-state index in [0.29, 0.717) is 12.6 Å². The average molecular weight is 462 g/mol. The van der Waals surface area contributed by atoms with Crippen LogP contribution in [0.4, 0.5) is 0 Å². The van der Waals surface area contributed by atoms with Crippen molar-refractivity contribution in [2.75, 3.05) is 40.5 Å². The lowest BCUT2D eigenvalue weighted by atomic mass is 10.1. The van der Waals surface area contributed by atoms with Crippen molar-refractivity contribution in [2.45, 2.75) is 38.8 Å². The van der Waals surface area contributed by atoms with E-state index in [1.54, 1.807) is 7.11 Å². The maximum absolute atomic E-state index is 5.91. The van der Waals surface area contributed by atoms with Crippen LogP contribution in [0.5, 0.6) is 0 Å². The fourth-order valence-corrected chi connectivity index (χ4v) is 2.89. The van der Waals surface area contributed by atoms with E-state index < -0.39 is 0 Å². The Morgan fingerprint density at radius 3 is 2.72 bits per heavy atom. The van der Waals surface area contributed by atoms with Crippen molar-refractivity contribution in [3.63, 3.8) is 0 Å². The van der Waals surface area contributed by atoms with Crippen molar-refractivity contribution < 1.29 is 9.47 Å². The number of aromatic nitrogens is 1. The molecule has 0 unspecified atom stereocenters. The molecule has 0 bridgehead atoms. The van der Waals surface area contributed by atoms with E-state index in [2.05, 4.69) is 20.2 Å². The molecule has 0 aromatic carbocycles. The van der Waals surface area contributed by atoms with Crippen LogP contribution < -0.4 is 5.32 Å². The van der Waals surface area contributed by atoms with Gasteiger partial charge in [-0.05, 0) is 38.3 Å². The van der Waals surface area contributed by atoms with Crippen LogP contribution in [0.3, 0.4) is 0 Å². The molecule has 1 aliphatic heterocycles. The molecule has 2 heterocycles. The zero-order valence-electron chi connectivity index (χ0n) is 15.5. The second-order valence-corrected chi connectivity index (χ2v) is 6.07. The molecule has 0 spiro atoms. The van der Waals surface area contributed by atoms with Crippen molar-refractivity contribution in [1.82, 2.24) is 15.2 Å². The third-order valence-corrected chi connectivity index (χ3v) is 4.17. The third-order valence-electron chi connectivity index (χ3n) is 4.17. The van der Waals surface area contributed by atoms with Gasteiger partial charge in [-0.1, -0.05) is 6.07 Å². The predicted molar refractivity (Wildman–Crippen MR) is 112 cm³/mol. The van der Waals surface area contributed by atoms with E-state index >= 15 is 0 Å². The first kappa shape index (κ1) is 22.1. The maximum atomic E-state index is 5.91. The van der Waals surface area contributed by atoms with Gasteiger partial charge in [-0.25, -0.2) is 0 Å². The van der Waals surface area contributed by atoms with E-state index in [4.69, 9.17) is 9.47 Å². The van der Waals surface area contributed by atoms with Crippen molar-refractivity contribution in [3.8, 4) is 0 Å². The molecule has 7 heteroatoms. The number of piperidine rings is 1. The van der Waals surface area contributed by atoms with Gasteiger partial charge >= 0.3 is 0 Å². The first-order chi connectivity index (χ1) is 11.7. The van der Waals surface area contributed by atoms with Gasteiger partial charge in [0.25, 0.3) is 0 Å². The van der Waals surface area contributed by atoms with Crippen molar-refractivity contribution in [3.05, 3.63) is 29.6 Å². The minimum absolute atomic E-state index is 0. The molecule has 1 saturated heterocycles. The lowest BCUT2D eigenvalue weighted by Crippen LogP contribution is -2.46. The number of methoxy groups -OCH3 is 1. The highest BCUT2D eigenvalue weighted by molar-refractivity contribution is 14.0. The summed E-state index contributed by atoms with van der Waals surface area (Å²) in [6.45, 7) is 6.19. The molecule has 0 saturated carbocycles. The van der Waals surface area contributed by atoms with Crippen LogP contribution in [0.2, 0.25) is 0 Å². The third kappa shape index (κ3) is 7.87. The van der Waals surface area contributed by atoms with Crippen molar-refractivity contribution >= 4 is 29.9 Å². The summed E-state index contributed by atoms with van der Waals surface area (Å²) in [5, 5.41) is 3.41. The minimum atomic E-state index is 0. The maximum Gasteiger partial charge on any atom is 0.193 e. The Kier molecular flexibility index (Phi) is 11.0. The average Bonchev–Trinajstić information content (AvgIpc) is 2.60. The second-order valence-electron chi connectivity index (χ2n) is 6.07. The summed E-state index contributed by atoms with van der Waals surface area (Å²) in [5.41, 5.74) is 2.07. The predicted octanol–water partition coefficient (Wildman–Crippen LogP) is 2.60. The Morgan fingerprint density at radius 1 is 1.32 bits per heavy atom. The van der Waals surface area contributed by atoms with Gasteiger partial charge in [-0.15, -0.1) is 24.0 Å². The van der Waals surface area contributed by atoms with Crippen LogP contribution in [0.1, 0.15) is 30.7 Å². The zero-order valence-corrected chi connectivity index (χ0v) is 17.9. The molecule has 142 valence electrons. The lowest BCUT2D eigenvalue weighted by Gasteiger charge is -2.34. The number of nitrogens with zero attached hydrogens (tertiary/aromatic N) is 3. The Hall–Kier alpha value is -0.930. The molecule has 0 radical (unpaired) electrons. The second kappa shape index (κ2) is 12.4. The molecular weight excluding hydrogens is 431 g/mol. The highest BCUT2D eigenvalue weighted by Crippen LogP contribution is 2.14. The molecule has 1 aromatic rings. The van der Waals surface area contributed by atoms with E-state index in [1.807, 2.05) is 32.2 Å². The molecule has 0 aliphatic carbocycles. The molecule has 2 rings (SSSR count). The molecule has 6 nitrogen and oxygen atoms in total. The van der Waals surface area contributed by atoms with Crippen LogP contribution in [-0.2, 0) is 16.0 Å². The molecule has 1 fully saturated rings. The monoisotopic (exact) mass is 462 g/mol. The molecular formula is C18H31IN4O2. The highest BCUT2D eigenvalue weighted by atomic mass is 127. The fraction of sp³-hybridized carbons (Fsp3) is 0.667. The summed E-state index contributed by atoms with van der Waals surface area (Å²) in [4.78, 5) is 11.2. The summed E-state index contributed by atoms with van der Waals surface area (Å²) >= 11 is 0. The Morgan fingerprint density at radius 2 is 2.08 bits per heavy atom. The van der Waals surface area contributed by atoms with Crippen molar-refractivity contribution in [2.24, 2.45) is 4.99 Å². The number of nitrogens with one attached hydrogen (secondary N) is 1. The molecule has 0 atom stereocenters. The SMILES string of the molecule is CN=C(NCc1cccc(C)n1)N1CCC(OCCCOC)CC1.I. The standard InChI is InChI=1S/C18H30N4O2.HI/c1-15-6-4-7-16(21-15)14-20-18(19-2)22-10-8-17(9-11-22)24-13-5-12-23-3;/h4,6-7,17H,5,8-14H2,1-3H3,(H,19,20);1H. The zero-order chi connectivity index (χ0) is 17.2. The van der Waals surface area contributed by atoms with E-state index in [-0.39, 0.29) is 24.0 Å². The summed E-state index contributed by atoms with van der Waals surface area (Å²) < 4.78 is 11.0. The Bertz CT molecular complexity index is 520. The quantitative estimate of drug-likeness (QED) is 0.292.